The normalized spacial score (nSPS) is 18.9. The van der Waals surface area contributed by atoms with Gasteiger partial charge in [0.2, 0.25) is 0 Å². The number of aromatic nitrogens is 5. The Bertz CT molecular complexity index is 1320. The molecule has 0 bridgehead atoms. The number of nitrogens with one attached hydrogen (secondary N) is 2. The lowest BCUT2D eigenvalue weighted by molar-refractivity contribution is 0.102. The van der Waals surface area contributed by atoms with Gasteiger partial charge in [0.15, 0.2) is 5.65 Å². The molecule has 0 spiro atoms. The van der Waals surface area contributed by atoms with Gasteiger partial charge in [0.05, 0.1) is 29.3 Å². The molecule has 1 aliphatic heterocycles. The lowest BCUT2D eigenvalue weighted by atomic mass is 10.0. The van der Waals surface area contributed by atoms with Crippen molar-refractivity contribution < 1.29 is 4.79 Å². The minimum atomic E-state index is -0.271. The van der Waals surface area contributed by atoms with E-state index in [0.717, 1.165) is 41.2 Å². The number of aryl methyl sites for hydroxylation is 2. The predicted molar refractivity (Wildman–Crippen MR) is 124 cm³/mol. The summed E-state index contributed by atoms with van der Waals surface area (Å²) in [7, 11) is 0. The van der Waals surface area contributed by atoms with Crippen LogP contribution in [-0.4, -0.2) is 55.6 Å². The molecule has 9 heteroatoms. The molecule has 5 rings (SSSR count). The van der Waals surface area contributed by atoms with Crippen molar-refractivity contribution in [2.75, 3.05) is 23.3 Å². The molecule has 1 aromatic carbocycles. The van der Waals surface area contributed by atoms with Crippen molar-refractivity contribution in [1.82, 2.24) is 29.9 Å². The molecule has 1 fully saturated rings. The Morgan fingerprint density at radius 1 is 1.09 bits per heavy atom. The number of nitrogens with zero attached hydrogens (tertiary/aromatic N) is 6. The molecule has 4 aromatic rings. The first-order valence-corrected chi connectivity index (χ1v) is 10.8. The zero-order valence-electron chi connectivity index (χ0n) is 18.6. The number of imidazole rings is 1. The van der Waals surface area contributed by atoms with Crippen LogP contribution in [0.2, 0.25) is 0 Å². The first-order valence-electron chi connectivity index (χ1n) is 10.8. The fraction of sp³-hybridized carbons (Fsp3) is 0.348. The van der Waals surface area contributed by atoms with Crippen molar-refractivity contribution in [2.24, 2.45) is 0 Å². The highest BCUT2D eigenvalue weighted by Crippen LogP contribution is 2.29. The van der Waals surface area contributed by atoms with E-state index in [2.05, 4.69) is 49.5 Å². The Hall–Kier alpha value is -3.59. The molecule has 1 saturated heterocycles. The minimum Gasteiger partial charge on any atom is -0.368 e. The van der Waals surface area contributed by atoms with E-state index in [1.165, 1.54) is 0 Å². The second-order valence-electron chi connectivity index (χ2n) is 8.58. The SMILES string of the molecule is Cc1cn2cc(NC(=O)c3ccc(N4C[C@@H](C)N[C@H](C)C4)c4ccnnc34)nc(C)c2n1. The third-order valence-electron chi connectivity index (χ3n) is 5.77. The van der Waals surface area contributed by atoms with Gasteiger partial charge in [-0.15, -0.1) is 5.10 Å². The van der Waals surface area contributed by atoms with Crippen LogP contribution in [0, 0.1) is 13.8 Å². The van der Waals surface area contributed by atoms with Crippen LogP contribution >= 0.6 is 0 Å². The Morgan fingerprint density at radius 2 is 1.88 bits per heavy atom. The molecule has 2 N–H and O–H groups in total. The van der Waals surface area contributed by atoms with Crippen LogP contribution in [-0.2, 0) is 0 Å². The number of carbonyl (C=O) groups is 1. The van der Waals surface area contributed by atoms with Gasteiger partial charge in [-0.1, -0.05) is 0 Å². The minimum absolute atomic E-state index is 0.271. The summed E-state index contributed by atoms with van der Waals surface area (Å²) in [5, 5.41) is 15.8. The first-order chi connectivity index (χ1) is 15.4. The Morgan fingerprint density at radius 3 is 2.66 bits per heavy atom. The average Bonchev–Trinajstić information content (AvgIpc) is 3.13. The molecular formula is C23H26N8O. The zero-order valence-corrected chi connectivity index (χ0v) is 18.6. The van der Waals surface area contributed by atoms with Gasteiger partial charge < -0.3 is 19.9 Å². The molecule has 0 radical (unpaired) electrons. The van der Waals surface area contributed by atoms with E-state index < -0.39 is 0 Å². The number of anilines is 2. The first kappa shape index (κ1) is 20.3. The van der Waals surface area contributed by atoms with Crippen LogP contribution in [0.4, 0.5) is 11.5 Å². The summed E-state index contributed by atoms with van der Waals surface area (Å²) < 4.78 is 1.88. The second-order valence-corrected chi connectivity index (χ2v) is 8.58. The third-order valence-corrected chi connectivity index (χ3v) is 5.77. The lowest BCUT2D eigenvalue weighted by Gasteiger charge is -2.38. The quantitative estimate of drug-likeness (QED) is 0.515. The molecule has 4 heterocycles. The highest BCUT2D eigenvalue weighted by atomic mass is 16.1. The van der Waals surface area contributed by atoms with Gasteiger partial charge in [-0.05, 0) is 45.9 Å². The molecule has 1 aliphatic rings. The van der Waals surface area contributed by atoms with E-state index in [1.807, 2.05) is 42.6 Å². The summed E-state index contributed by atoms with van der Waals surface area (Å²) in [5.41, 5.74) is 4.54. The highest BCUT2D eigenvalue weighted by Gasteiger charge is 2.24. The van der Waals surface area contributed by atoms with E-state index in [1.54, 1.807) is 12.4 Å². The van der Waals surface area contributed by atoms with Gasteiger partial charge in [-0.2, -0.15) is 5.10 Å². The summed E-state index contributed by atoms with van der Waals surface area (Å²) in [6, 6.07) is 6.51. The Kier molecular flexibility index (Phi) is 4.97. The largest absolute Gasteiger partial charge is 0.368 e. The van der Waals surface area contributed by atoms with E-state index in [-0.39, 0.29) is 5.91 Å². The van der Waals surface area contributed by atoms with Gasteiger partial charge in [0.25, 0.3) is 5.91 Å². The van der Waals surface area contributed by atoms with Gasteiger partial charge in [0, 0.05) is 42.4 Å². The molecular weight excluding hydrogens is 404 g/mol. The van der Waals surface area contributed by atoms with Crippen LogP contribution in [0.3, 0.4) is 0 Å². The molecule has 0 unspecified atom stereocenters. The van der Waals surface area contributed by atoms with Crippen LogP contribution in [0.25, 0.3) is 16.6 Å². The van der Waals surface area contributed by atoms with Crippen LogP contribution in [0.15, 0.2) is 36.8 Å². The maximum absolute atomic E-state index is 13.2. The van der Waals surface area contributed by atoms with Crippen molar-refractivity contribution in [3.8, 4) is 0 Å². The standard InChI is InChI=1S/C23H26N8O/c1-13-9-30(10-14(2)25-13)19-6-5-18(21-17(19)7-8-24-29-21)23(32)28-20-12-31-11-15(3)26-22(31)16(4)27-20/h5-8,11-14,25H,9-10H2,1-4H3,(H,28,32)/t13-,14-/m1/s1. The summed E-state index contributed by atoms with van der Waals surface area (Å²) in [6.07, 6.45) is 5.35. The summed E-state index contributed by atoms with van der Waals surface area (Å²) in [6.45, 7) is 9.95. The summed E-state index contributed by atoms with van der Waals surface area (Å²) >= 11 is 0. The number of hydrogen-bond donors (Lipinski definition) is 2. The number of fused-ring (bicyclic) bond motifs is 2. The van der Waals surface area contributed by atoms with E-state index in [4.69, 9.17) is 0 Å². The summed E-state index contributed by atoms with van der Waals surface area (Å²) in [5.74, 6) is 0.190. The van der Waals surface area contributed by atoms with Gasteiger partial charge >= 0.3 is 0 Å². The lowest BCUT2D eigenvalue weighted by Crippen LogP contribution is -2.54. The second kappa shape index (κ2) is 7.83. The van der Waals surface area contributed by atoms with Crippen molar-refractivity contribution in [3.05, 3.63) is 53.7 Å². The number of benzene rings is 1. The molecule has 1 amide bonds. The smallest absolute Gasteiger partial charge is 0.259 e. The zero-order chi connectivity index (χ0) is 22.4. The molecule has 0 saturated carbocycles. The van der Waals surface area contributed by atoms with Gasteiger partial charge in [0.1, 0.15) is 11.3 Å². The van der Waals surface area contributed by atoms with Crippen molar-refractivity contribution >= 4 is 34.0 Å². The number of amides is 1. The monoisotopic (exact) mass is 430 g/mol. The molecule has 3 aromatic heterocycles. The van der Waals surface area contributed by atoms with E-state index in [9.17, 15) is 4.79 Å². The maximum atomic E-state index is 13.2. The predicted octanol–water partition coefficient (Wildman–Crippen LogP) is 2.73. The van der Waals surface area contributed by atoms with Gasteiger partial charge in [-0.3, -0.25) is 4.79 Å². The average molecular weight is 431 g/mol. The number of hydrogen-bond acceptors (Lipinski definition) is 7. The summed E-state index contributed by atoms with van der Waals surface area (Å²) in [4.78, 5) is 24.5. The van der Waals surface area contributed by atoms with E-state index in [0.29, 0.717) is 29.0 Å². The maximum Gasteiger partial charge on any atom is 0.259 e. The van der Waals surface area contributed by atoms with E-state index >= 15 is 0 Å². The van der Waals surface area contributed by atoms with Crippen molar-refractivity contribution in [3.63, 3.8) is 0 Å². The van der Waals surface area contributed by atoms with Crippen LogP contribution in [0.5, 0.6) is 0 Å². The fourth-order valence-corrected chi connectivity index (χ4v) is 4.57. The van der Waals surface area contributed by atoms with Crippen molar-refractivity contribution in [1.29, 1.82) is 0 Å². The molecule has 164 valence electrons. The van der Waals surface area contributed by atoms with Crippen molar-refractivity contribution in [2.45, 2.75) is 39.8 Å². The number of carbonyl (C=O) groups excluding carboxylic acids is 1. The van der Waals surface area contributed by atoms with Gasteiger partial charge in [-0.25, -0.2) is 9.97 Å². The number of piperazine rings is 1. The highest BCUT2D eigenvalue weighted by molar-refractivity contribution is 6.13. The molecule has 32 heavy (non-hydrogen) atoms. The Labute approximate surface area is 185 Å². The molecule has 2 atom stereocenters. The number of rotatable bonds is 3. The molecule has 9 nitrogen and oxygen atoms in total. The Balaban J connectivity index is 1.50. The molecule has 0 aliphatic carbocycles. The van der Waals surface area contributed by atoms with Crippen LogP contribution < -0.4 is 15.5 Å². The third kappa shape index (κ3) is 3.64. The fourth-order valence-electron chi connectivity index (χ4n) is 4.57. The van der Waals surface area contributed by atoms with Crippen LogP contribution in [0.1, 0.15) is 35.6 Å². The topological polar surface area (TPSA) is 100 Å².